The Bertz CT molecular complexity index is 417. The Morgan fingerprint density at radius 2 is 0.861 bits per heavy atom. The van der Waals surface area contributed by atoms with Gasteiger partial charge in [-0.15, -0.1) is 0 Å². The van der Waals surface area contributed by atoms with Crippen LogP contribution in [-0.4, -0.2) is 77.5 Å². The van der Waals surface area contributed by atoms with Crippen molar-refractivity contribution < 1.29 is 54.2 Å². The van der Waals surface area contributed by atoms with Crippen LogP contribution in [0.15, 0.2) is 0 Å². The number of carboxylic acids is 1. The van der Waals surface area contributed by atoms with Gasteiger partial charge in [0.1, 0.15) is 0 Å². The maximum Gasteiger partial charge on any atom is 0.334 e. The number of unbranched alkanes of at least 4 members (excludes halogenated alkanes) is 14. The highest BCUT2D eigenvalue weighted by Gasteiger charge is 2.26. The number of rotatable bonds is 22. The Labute approximate surface area is 219 Å². The van der Waals surface area contributed by atoms with Crippen LogP contribution in [0.1, 0.15) is 110 Å². The standard InChI is InChI=1S/C18H36O2.C5H12O4.H4O5P2/c1-2-3-4-5-6-7-8-9-10-11-12-13-14-15-16-17-18(19)20;6-1-5(2-7,3-8)4-9;1-6(2)5-7(3)4/h2-17H2,1H3,(H,19,20);6-9H,1-4H2;1-4H. The average molecular weight is 567 g/mol. The van der Waals surface area contributed by atoms with E-state index < -0.39 is 55.0 Å². The van der Waals surface area contributed by atoms with E-state index in [9.17, 15) is 4.79 Å². The molecule has 0 heterocycles. The fourth-order valence-electron chi connectivity index (χ4n) is 3.01. The van der Waals surface area contributed by atoms with Crippen LogP contribution in [0, 0.1) is 5.41 Å². The maximum atomic E-state index is 10.3. The van der Waals surface area contributed by atoms with Gasteiger partial charge in [0.2, 0.25) is 0 Å². The monoisotopic (exact) mass is 566 g/mol. The highest BCUT2D eigenvalue weighted by molar-refractivity contribution is 7.53. The number of hydrogen-bond donors (Lipinski definition) is 9. The summed E-state index contributed by atoms with van der Waals surface area (Å²) < 4.78 is 3.60. The Morgan fingerprint density at radius 1 is 0.583 bits per heavy atom. The van der Waals surface area contributed by atoms with Crippen LogP contribution >= 0.6 is 17.2 Å². The summed E-state index contributed by atoms with van der Waals surface area (Å²) in [7, 11) is -5.22. The third-order valence-corrected chi connectivity index (χ3v) is 6.65. The van der Waals surface area contributed by atoms with Gasteiger partial charge in [-0.3, -0.25) is 4.79 Å². The summed E-state index contributed by atoms with van der Waals surface area (Å²) in [5.41, 5.74) is -1.11. The molecule has 0 unspecified atom stereocenters. The molecule has 9 N–H and O–H groups in total. The van der Waals surface area contributed by atoms with E-state index in [-0.39, 0.29) is 0 Å². The van der Waals surface area contributed by atoms with Gasteiger partial charge in [0.25, 0.3) is 0 Å². The quantitative estimate of drug-likeness (QED) is 0.0681. The van der Waals surface area contributed by atoms with E-state index in [2.05, 4.69) is 11.2 Å². The topological polar surface area (TPSA) is 208 Å². The molecule has 0 bridgehead atoms. The second-order valence-electron chi connectivity index (χ2n) is 8.81. The summed E-state index contributed by atoms with van der Waals surface area (Å²) in [6.07, 6.45) is 20.2. The Kier molecular flexibility index (Phi) is 35.1. The fraction of sp³-hybridized carbons (Fsp3) is 0.957. The van der Waals surface area contributed by atoms with E-state index >= 15 is 0 Å². The largest absolute Gasteiger partial charge is 0.481 e. The zero-order valence-corrected chi connectivity index (χ0v) is 23.7. The molecule has 0 aromatic carbocycles. The average Bonchev–Trinajstić information content (AvgIpc) is 2.83. The van der Waals surface area contributed by atoms with Crippen LogP contribution in [0.2, 0.25) is 0 Å². The lowest BCUT2D eigenvalue weighted by Crippen LogP contribution is -2.37. The van der Waals surface area contributed by atoms with Crippen LogP contribution in [0.4, 0.5) is 0 Å². The molecule has 36 heavy (non-hydrogen) atoms. The molecule has 0 rings (SSSR count). The lowest BCUT2D eigenvalue weighted by Gasteiger charge is -2.23. The van der Waals surface area contributed by atoms with E-state index in [4.69, 9.17) is 45.1 Å². The maximum absolute atomic E-state index is 10.3. The molecule has 0 aliphatic rings. The smallest absolute Gasteiger partial charge is 0.334 e. The molecule has 0 radical (unpaired) electrons. The summed E-state index contributed by atoms with van der Waals surface area (Å²) in [4.78, 5) is 41.6. The lowest BCUT2D eigenvalue weighted by molar-refractivity contribution is -0.137. The second kappa shape index (κ2) is 31.2. The minimum absolute atomic E-state index is 0.345. The van der Waals surface area contributed by atoms with Crippen molar-refractivity contribution in [3.63, 3.8) is 0 Å². The van der Waals surface area contributed by atoms with Gasteiger partial charge >= 0.3 is 23.2 Å². The SMILES string of the molecule is CCCCCCCCCCCCCCCCCC(=O)O.OCC(CO)(CO)CO.OP(O)OP(O)O. The molecular formula is C23H52O11P2. The summed E-state index contributed by atoms with van der Waals surface area (Å²) in [5, 5.41) is 42.5. The number of carbonyl (C=O) groups is 1. The first-order valence-corrected chi connectivity index (χ1v) is 15.2. The molecule has 0 spiro atoms. The van der Waals surface area contributed by atoms with Gasteiger partial charge in [0.15, 0.2) is 0 Å². The minimum Gasteiger partial charge on any atom is -0.481 e. The van der Waals surface area contributed by atoms with Gasteiger partial charge < -0.3 is 45.1 Å². The van der Waals surface area contributed by atoms with Gasteiger partial charge in [-0.2, -0.15) is 0 Å². The van der Waals surface area contributed by atoms with E-state index in [0.29, 0.717) is 6.42 Å². The molecule has 0 aromatic rings. The van der Waals surface area contributed by atoms with Crippen molar-refractivity contribution in [2.24, 2.45) is 5.41 Å². The van der Waals surface area contributed by atoms with Crippen molar-refractivity contribution in [3.05, 3.63) is 0 Å². The second-order valence-corrected chi connectivity index (χ2v) is 10.5. The van der Waals surface area contributed by atoms with Crippen molar-refractivity contribution >= 4 is 23.2 Å². The van der Waals surface area contributed by atoms with Gasteiger partial charge in [-0.25, -0.2) is 4.31 Å². The summed E-state index contributed by atoms with van der Waals surface area (Å²) in [6, 6.07) is 0. The van der Waals surface area contributed by atoms with E-state index in [1.165, 1.54) is 83.5 Å². The normalized spacial score (nSPS) is 11.2. The number of aliphatic hydroxyl groups excluding tert-OH is 4. The summed E-state index contributed by atoms with van der Waals surface area (Å²) >= 11 is 0. The van der Waals surface area contributed by atoms with E-state index in [1.54, 1.807) is 0 Å². The van der Waals surface area contributed by atoms with Crippen LogP contribution < -0.4 is 0 Å². The summed E-state index contributed by atoms with van der Waals surface area (Å²) in [5.74, 6) is -0.653. The molecule has 0 aliphatic carbocycles. The molecule has 0 saturated carbocycles. The zero-order chi connectivity index (χ0) is 28.1. The third-order valence-electron chi connectivity index (χ3n) is 5.48. The molecule has 0 saturated heterocycles. The number of aliphatic hydroxyl groups is 4. The Morgan fingerprint density at radius 3 is 1.03 bits per heavy atom. The first-order chi connectivity index (χ1) is 17.1. The number of hydrogen-bond acceptors (Lipinski definition) is 10. The van der Waals surface area contributed by atoms with Crippen LogP contribution in [0.3, 0.4) is 0 Å². The predicted molar refractivity (Wildman–Crippen MR) is 142 cm³/mol. The molecule has 11 nitrogen and oxygen atoms in total. The lowest BCUT2D eigenvalue weighted by atomic mass is 9.93. The van der Waals surface area contributed by atoms with Crippen LogP contribution in [0.5, 0.6) is 0 Å². The molecule has 0 aromatic heterocycles. The fourth-order valence-corrected chi connectivity index (χ4v) is 3.54. The van der Waals surface area contributed by atoms with Crippen LogP contribution in [-0.2, 0) is 9.11 Å². The highest BCUT2D eigenvalue weighted by atomic mass is 31.2. The summed E-state index contributed by atoms with van der Waals surface area (Å²) in [6.45, 7) is 0.645. The van der Waals surface area contributed by atoms with Gasteiger partial charge in [-0.1, -0.05) is 96.8 Å². The van der Waals surface area contributed by atoms with Crippen molar-refractivity contribution in [1.82, 2.24) is 0 Å². The van der Waals surface area contributed by atoms with E-state index in [0.717, 1.165) is 12.8 Å². The highest BCUT2D eigenvalue weighted by Crippen LogP contribution is 2.41. The molecule has 0 atom stereocenters. The molecule has 0 fully saturated rings. The number of aliphatic carboxylic acids is 1. The van der Waals surface area contributed by atoms with Crippen molar-refractivity contribution in [2.45, 2.75) is 110 Å². The molecule has 0 aliphatic heterocycles. The van der Waals surface area contributed by atoms with Crippen LogP contribution in [0.25, 0.3) is 0 Å². The van der Waals surface area contributed by atoms with Gasteiger partial charge in [0, 0.05) is 6.42 Å². The predicted octanol–water partition coefficient (Wildman–Crippen LogP) is 3.70. The molecule has 0 amide bonds. The molecule has 220 valence electrons. The Balaban J connectivity index is -0.000000558. The zero-order valence-electron chi connectivity index (χ0n) is 21.9. The Hall–Kier alpha value is -0.0300. The number of carboxylic acid groups (broad SMARTS) is 1. The van der Waals surface area contributed by atoms with Crippen molar-refractivity contribution in [1.29, 1.82) is 0 Å². The first-order valence-electron chi connectivity index (χ1n) is 12.8. The van der Waals surface area contributed by atoms with Gasteiger partial charge in [-0.05, 0) is 6.42 Å². The minimum atomic E-state index is -2.61. The first kappa shape index (κ1) is 40.5. The van der Waals surface area contributed by atoms with Crippen molar-refractivity contribution in [3.8, 4) is 0 Å². The van der Waals surface area contributed by atoms with E-state index in [1.807, 2.05) is 0 Å². The molecule has 13 heteroatoms. The molecular weight excluding hydrogens is 514 g/mol. The third kappa shape index (κ3) is 34.0. The van der Waals surface area contributed by atoms with Gasteiger partial charge in [0.05, 0.1) is 31.8 Å². The van der Waals surface area contributed by atoms with Crippen molar-refractivity contribution in [2.75, 3.05) is 26.4 Å².